The van der Waals surface area contributed by atoms with Gasteiger partial charge in [0.2, 0.25) is 10.0 Å². The molecule has 0 amide bonds. The molecule has 1 rings (SSSR count). The van der Waals surface area contributed by atoms with Gasteiger partial charge < -0.3 is 5.21 Å². The van der Waals surface area contributed by atoms with Crippen LogP contribution in [-0.4, -0.2) is 32.3 Å². The molecule has 88 valence electrons. The molecule has 0 unspecified atom stereocenters. The number of alkyl halides is 1. The van der Waals surface area contributed by atoms with Crippen LogP contribution in [0.3, 0.4) is 0 Å². The van der Waals surface area contributed by atoms with Gasteiger partial charge in [-0.05, 0) is 12.1 Å². The fraction of sp³-hybridized carbons (Fsp3) is 0.222. The first-order valence-corrected chi connectivity index (χ1v) is 6.20. The number of benzene rings is 1. The third-order valence-corrected chi connectivity index (χ3v) is 2.38. The van der Waals surface area contributed by atoms with Gasteiger partial charge >= 0.3 is 0 Å². The average Bonchev–Trinajstić information content (AvgIpc) is 2.20. The Morgan fingerprint density at radius 2 is 2.00 bits per heavy atom. The van der Waals surface area contributed by atoms with Crippen LogP contribution in [0, 0.1) is 0 Å². The van der Waals surface area contributed by atoms with Crippen LogP contribution in [0.4, 0.5) is 10.1 Å². The van der Waals surface area contributed by atoms with E-state index in [-0.39, 0.29) is 5.71 Å². The molecule has 1 aromatic carbocycles. The van der Waals surface area contributed by atoms with Crippen LogP contribution in [0.25, 0.3) is 0 Å². The summed E-state index contributed by atoms with van der Waals surface area (Å²) in [5.41, 5.74) is 0.650. The Balaban J connectivity index is 2.92. The maximum absolute atomic E-state index is 12.3. The second kappa shape index (κ2) is 4.93. The molecule has 0 aliphatic heterocycles. The molecule has 0 saturated heterocycles. The van der Waals surface area contributed by atoms with Crippen LogP contribution in [0.5, 0.6) is 0 Å². The number of nitrogens with zero attached hydrogens (tertiary/aromatic N) is 1. The van der Waals surface area contributed by atoms with Gasteiger partial charge in [0.05, 0.1) is 6.26 Å². The predicted molar refractivity (Wildman–Crippen MR) is 59.2 cm³/mol. The summed E-state index contributed by atoms with van der Waals surface area (Å²) in [6.07, 6.45) is 1.03. The van der Waals surface area contributed by atoms with E-state index in [0.29, 0.717) is 11.3 Å². The van der Waals surface area contributed by atoms with Crippen molar-refractivity contribution in [1.29, 1.82) is 0 Å². The number of oxime groups is 1. The first-order valence-electron chi connectivity index (χ1n) is 4.31. The number of halogens is 1. The molecular weight excluding hydrogens is 235 g/mol. The van der Waals surface area contributed by atoms with Gasteiger partial charge in [-0.25, -0.2) is 12.8 Å². The summed E-state index contributed by atoms with van der Waals surface area (Å²) < 4.78 is 36.4. The minimum Gasteiger partial charge on any atom is -0.411 e. The fourth-order valence-corrected chi connectivity index (χ4v) is 1.67. The van der Waals surface area contributed by atoms with Crippen molar-refractivity contribution in [3.8, 4) is 0 Å². The van der Waals surface area contributed by atoms with E-state index < -0.39 is 16.7 Å². The van der Waals surface area contributed by atoms with Crippen LogP contribution in [-0.2, 0) is 10.0 Å². The third kappa shape index (κ3) is 3.50. The highest BCUT2D eigenvalue weighted by molar-refractivity contribution is 7.92. The molecule has 2 N–H and O–H groups in total. The lowest BCUT2D eigenvalue weighted by molar-refractivity contribution is 0.316. The molecule has 0 aliphatic carbocycles. The van der Waals surface area contributed by atoms with Crippen molar-refractivity contribution < 1.29 is 18.0 Å². The Labute approximate surface area is 92.6 Å². The zero-order valence-electron chi connectivity index (χ0n) is 8.51. The standard InChI is InChI=1S/C9H11FN2O3S/c1-16(14,15)12-8-4-2-7(3-5-8)9(6-10)11-13/h2-5,12-13H,6H2,1H3. The van der Waals surface area contributed by atoms with Gasteiger partial charge in [0.1, 0.15) is 12.4 Å². The summed E-state index contributed by atoms with van der Waals surface area (Å²) in [6, 6.07) is 5.83. The largest absolute Gasteiger partial charge is 0.411 e. The number of hydrogen-bond acceptors (Lipinski definition) is 4. The molecule has 0 bridgehead atoms. The van der Waals surface area contributed by atoms with E-state index >= 15 is 0 Å². The van der Waals surface area contributed by atoms with Gasteiger partial charge in [-0.2, -0.15) is 0 Å². The minimum absolute atomic E-state index is 0.106. The number of hydrogen-bond donors (Lipinski definition) is 2. The molecule has 0 radical (unpaired) electrons. The lowest BCUT2D eigenvalue weighted by atomic mass is 10.1. The Kier molecular flexibility index (Phi) is 3.83. The quantitative estimate of drug-likeness (QED) is 0.476. The number of anilines is 1. The Bertz CT molecular complexity index is 482. The molecule has 0 atom stereocenters. The van der Waals surface area contributed by atoms with Gasteiger partial charge in [0.15, 0.2) is 0 Å². The summed E-state index contributed by atoms with van der Waals surface area (Å²) in [7, 11) is -3.33. The minimum atomic E-state index is -3.33. The highest BCUT2D eigenvalue weighted by Gasteiger charge is 2.05. The summed E-state index contributed by atoms with van der Waals surface area (Å²) in [5.74, 6) is 0. The van der Waals surface area contributed by atoms with E-state index in [1.165, 1.54) is 24.3 Å². The normalized spacial score (nSPS) is 12.5. The van der Waals surface area contributed by atoms with E-state index in [4.69, 9.17) is 5.21 Å². The molecule has 0 aromatic heterocycles. The van der Waals surface area contributed by atoms with E-state index in [9.17, 15) is 12.8 Å². The second-order valence-corrected chi connectivity index (χ2v) is 4.88. The van der Waals surface area contributed by atoms with Gasteiger partial charge in [-0.3, -0.25) is 4.72 Å². The summed E-state index contributed by atoms with van der Waals surface area (Å²) >= 11 is 0. The molecular formula is C9H11FN2O3S. The van der Waals surface area contributed by atoms with Crippen LogP contribution < -0.4 is 4.72 Å². The van der Waals surface area contributed by atoms with Gasteiger partial charge in [0.25, 0.3) is 0 Å². The maximum Gasteiger partial charge on any atom is 0.229 e. The van der Waals surface area contributed by atoms with Crippen molar-refractivity contribution in [3.05, 3.63) is 29.8 Å². The smallest absolute Gasteiger partial charge is 0.229 e. The van der Waals surface area contributed by atoms with Gasteiger partial charge in [-0.1, -0.05) is 17.3 Å². The molecule has 0 heterocycles. The first-order chi connectivity index (χ1) is 7.46. The van der Waals surface area contributed by atoms with Crippen molar-refractivity contribution in [2.75, 3.05) is 17.7 Å². The molecule has 0 spiro atoms. The molecule has 16 heavy (non-hydrogen) atoms. The number of nitrogens with one attached hydrogen (secondary N) is 1. The van der Waals surface area contributed by atoms with Crippen LogP contribution >= 0.6 is 0 Å². The van der Waals surface area contributed by atoms with Gasteiger partial charge in [-0.15, -0.1) is 0 Å². The highest BCUT2D eigenvalue weighted by Crippen LogP contribution is 2.11. The zero-order chi connectivity index (χ0) is 12.2. The van der Waals surface area contributed by atoms with Gasteiger partial charge in [0, 0.05) is 11.3 Å². The monoisotopic (exact) mass is 246 g/mol. The topological polar surface area (TPSA) is 78.8 Å². The van der Waals surface area contributed by atoms with Crippen LogP contribution in [0.2, 0.25) is 0 Å². The van der Waals surface area contributed by atoms with E-state index in [1.54, 1.807) is 0 Å². The third-order valence-electron chi connectivity index (χ3n) is 1.77. The predicted octanol–water partition coefficient (Wildman–Crippen LogP) is 1.21. The Morgan fingerprint density at radius 1 is 1.44 bits per heavy atom. The highest BCUT2D eigenvalue weighted by atomic mass is 32.2. The molecule has 0 aliphatic rings. The molecule has 1 aromatic rings. The van der Waals surface area contributed by atoms with Crippen molar-refractivity contribution in [2.24, 2.45) is 5.16 Å². The van der Waals surface area contributed by atoms with E-state index in [1.807, 2.05) is 0 Å². The van der Waals surface area contributed by atoms with Crippen molar-refractivity contribution in [2.45, 2.75) is 0 Å². The zero-order valence-corrected chi connectivity index (χ0v) is 9.33. The van der Waals surface area contributed by atoms with Crippen molar-refractivity contribution in [3.63, 3.8) is 0 Å². The number of rotatable bonds is 4. The average molecular weight is 246 g/mol. The van der Waals surface area contributed by atoms with Crippen LogP contribution in [0.15, 0.2) is 29.4 Å². The molecule has 0 fully saturated rings. The lowest BCUT2D eigenvalue weighted by Gasteiger charge is -2.05. The summed E-state index contributed by atoms with van der Waals surface area (Å²) in [6.45, 7) is -0.894. The number of sulfonamides is 1. The lowest BCUT2D eigenvalue weighted by Crippen LogP contribution is -2.10. The Hall–Kier alpha value is -1.63. The van der Waals surface area contributed by atoms with Crippen molar-refractivity contribution >= 4 is 21.4 Å². The van der Waals surface area contributed by atoms with Crippen LogP contribution in [0.1, 0.15) is 5.56 Å². The fourth-order valence-electron chi connectivity index (χ4n) is 1.11. The first kappa shape index (κ1) is 12.4. The molecule has 0 saturated carbocycles. The molecule has 5 nitrogen and oxygen atoms in total. The summed E-state index contributed by atoms with van der Waals surface area (Å²) in [4.78, 5) is 0. The van der Waals surface area contributed by atoms with Crippen molar-refractivity contribution in [1.82, 2.24) is 0 Å². The van der Waals surface area contributed by atoms with E-state index in [0.717, 1.165) is 6.26 Å². The Morgan fingerprint density at radius 3 is 2.38 bits per heavy atom. The summed E-state index contributed by atoms with van der Waals surface area (Å²) in [5, 5.41) is 11.3. The second-order valence-electron chi connectivity index (χ2n) is 3.13. The molecule has 7 heteroatoms. The SMILES string of the molecule is CS(=O)(=O)Nc1ccc(C(CF)=NO)cc1. The van der Waals surface area contributed by atoms with E-state index in [2.05, 4.69) is 9.88 Å². The maximum atomic E-state index is 12.3.